The van der Waals surface area contributed by atoms with E-state index in [9.17, 15) is 5.11 Å². The predicted molar refractivity (Wildman–Crippen MR) is 73.9 cm³/mol. The molecule has 102 valence electrons. The average molecular weight is 271 g/mol. The quantitative estimate of drug-likeness (QED) is 0.893. The second-order valence-electron chi connectivity index (χ2n) is 5.95. The largest absolute Gasteiger partial charge is 0.392 e. The summed E-state index contributed by atoms with van der Waals surface area (Å²) in [5.41, 5.74) is 2.22. The molecule has 1 aliphatic carbocycles. The summed E-state index contributed by atoms with van der Waals surface area (Å²) in [5.74, 6) is 0.402. The molecular weight excluding hydrogens is 248 g/mol. The minimum Gasteiger partial charge on any atom is -0.392 e. The van der Waals surface area contributed by atoms with Gasteiger partial charge in [-0.05, 0) is 31.1 Å². The molecule has 1 aliphatic rings. The highest BCUT2D eigenvalue weighted by atomic mass is 35.5. The number of aliphatic hydroxyl groups is 1. The van der Waals surface area contributed by atoms with Crippen LogP contribution in [0.2, 0.25) is 5.02 Å². The third-order valence-corrected chi connectivity index (χ3v) is 4.59. The molecule has 0 aliphatic heterocycles. The molecule has 0 radical (unpaired) electrons. The SMILES string of the molecule is CCc1nn(CC)c(CC(O)C2CC2(C)C)c1Cl. The second-order valence-corrected chi connectivity index (χ2v) is 6.33. The van der Waals surface area contributed by atoms with Crippen molar-refractivity contribution in [3.8, 4) is 0 Å². The van der Waals surface area contributed by atoms with E-state index in [-0.39, 0.29) is 11.5 Å². The lowest BCUT2D eigenvalue weighted by atomic mass is 10.0. The van der Waals surface area contributed by atoms with Gasteiger partial charge in [0.15, 0.2) is 0 Å². The minimum atomic E-state index is -0.302. The van der Waals surface area contributed by atoms with E-state index in [0.717, 1.165) is 35.8 Å². The first kappa shape index (κ1) is 13.9. The van der Waals surface area contributed by atoms with Crippen molar-refractivity contribution < 1.29 is 5.11 Å². The number of halogens is 1. The Kier molecular flexibility index (Phi) is 3.75. The average Bonchev–Trinajstić information content (AvgIpc) is 2.86. The van der Waals surface area contributed by atoms with E-state index >= 15 is 0 Å². The summed E-state index contributed by atoms with van der Waals surface area (Å²) in [5, 5.41) is 15.5. The Labute approximate surface area is 114 Å². The Morgan fingerprint density at radius 2 is 2.11 bits per heavy atom. The molecule has 1 aromatic rings. The molecule has 1 N–H and O–H groups in total. The van der Waals surface area contributed by atoms with Gasteiger partial charge in [-0.3, -0.25) is 4.68 Å². The van der Waals surface area contributed by atoms with Crippen LogP contribution in [0.15, 0.2) is 0 Å². The fourth-order valence-corrected chi connectivity index (χ4v) is 3.06. The van der Waals surface area contributed by atoms with Gasteiger partial charge in [0, 0.05) is 13.0 Å². The van der Waals surface area contributed by atoms with E-state index in [1.165, 1.54) is 0 Å². The third-order valence-electron chi connectivity index (χ3n) is 4.15. The topological polar surface area (TPSA) is 38.0 Å². The van der Waals surface area contributed by atoms with E-state index in [0.29, 0.717) is 12.3 Å². The lowest BCUT2D eigenvalue weighted by Crippen LogP contribution is -2.19. The summed E-state index contributed by atoms with van der Waals surface area (Å²) in [6.45, 7) is 9.32. The highest BCUT2D eigenvalue weighted by Gasteiger charge is 2.49. The molecule has 0 saturated heterocycles. The molecule has 4 heteroatoms. The highest BCUT2D eigenvalue weighted by molar-refractivity contribution is 6.31. The van der Waals surface area contributed by atoms with Gasteiger partial charge < -0.3 is 5.11 Å². The molecule has 1 heterocycles. The maximum absolute atomic E-state index is 10.3. The van der Waals surface area contributed by atoms with E-state index in [4.69, 9.17) is 11.6 Å². The van der Waals surface area contributed by atoms with Crippen LogP contribution in [0, 0.1) is 11.3 Å². The molecule has 0 spiro atoms. The molecule has 0 aromatic carbocycles. The summed E-state index contributed by atoms with van der Waals surface area (Å²) in [4.78, 5) is 0. The predicted octanol–water partition coefficient (Wildman–Crippen LogP) is 3.07. The van der Waals surface area contributed by atoms with Crippen molar-refractivity contribution in [3.05, 3.63) is 16.4 Å². The molecule has 0 amide bonds. The molecule has 2 rings (SSSR count). The van der Waals surface area contributed by atoms with Gasteiger partial charge in [0.2, 0.25) is 0 Å². The number of aromatic nitrogens is 2. The smallest absolute Gasteiger partial charge is 0.0850 e. The van der Waals surface area contributed by atoms with Gasteiger partial charge in [0.1, 0.15) is 0 Å². The van der Waals surface area contributed by atoms with Gasteiger partial charge >= 0.3 is 0 Å². The Morgan fingerprint density at radius 1 is 1.50 bits per heavy atom. The number of hydrogen-bond acceptors (Lipinski definition) is 2. The monoisotopic (exact) mass is 270 g/mol. The van der Waals surface area contributed by atoms with Crippen LogP contribution in [0.4, 0.5) is 0 Å². The summed E-state index contributed by atoms with van der Waals surface area (Å²) >= 11 is 6.35. The number of rotatable bonds is 5. The van der Waals surface area contributed by atoms with Gasteiger partial charge in [-0.25, -0.2) is 0 Å². The van der Waals surface area contributed by atoms with Crippen molar-refractivity contribution in [1.82, 2.24) is 9.78 Å². The molecule has 18 heavy (non-hydrogen) atoms. The zero-order valence-corrected chi connectivity index (χ0v) is 12.5. The molecule has 2 unspecified atom stereocenters. The van der Waals surface area contributed by atoms with Gasteiger partial charge in [-0.2, -0.15) is 5.10 Å². The van der Waals surface area contributed by atoms with E-state index in [2.05, 4.69) is 32.8 Å². The molecular formula is C14H23ClN2O. The maximum Gasteiger partial charge on any atom is 0.0850 e. The highest BCUT2D eigenvalue weighted by Crippen LogP contribution is 2.54. The third kappa shape index (κ3) is 2.43. The van der Waals surface area contributed by atoms with Gasteiger partial charge in [0.25, 0.3) is 0 Å². The van der Waals surface area contributed by atoms with Crippen LogP contribution in [0.25, 0.3) is 0 Å². The fourth-order valence-electron chi connectivity index (χ4n) is 2.72. The van der Waals surface area contributed by atoms with Crippen LogP contribution in [0.3, 0.4) is 0 Å². The van der Waals surface area contributed by atoms with Gasteiger partial charge in [0.05, 0.1) is 22.5 Å². The van der Waals surface area contributed by atoms with E-state index in [1.807, 2.05) is 4.68 Å². The van der Waals surface area contributed by atoms with Crippen LogP contribution in [0.5, 0.6) is 0 Å². The molecule has 1 saturated carbocycles. The zero-order valence-electron chi connectivity index (χ0n) is 11.7. The van der Waals surface area contributed by atoms with Crippen molar-refractivity contribution in [2.24, 2.45) is 11.3 Å². The van der Waals surface area contributed by atoms with Crippen molar-refractivity contribution in [3.63, 3.8) is 0 Å². The fraction of sp³-hybridized carbons (Fsp3) is 0.786. The van der Waals surface area contributed by atoms with Crippen LogP contribution >= 0.6 is 11.6 Å². The van der Waals surface area contributed by atoms with Crippen molar-refractivity contribution in [1.29, 1.82) is 0 Å². The normalized spacial score (nSPS) is 23.1. The van der Waals surface area contributed by atoms with Crippen molar-refractivity contribution in [2.75, 3.05) is 0 Å². The minimum absolute atomic E-state index is 0.288. The molecule has 2 atom stereocenters. The lowest BCUT2D eigenvalue weighted by Gasteiger charge is -2.13. The number of aliphatic hydroxyl groups excluding tert-OH is 1. The molecule has 0 bridgehead atoms. The number of hydrogen-bond donors (Lipinski definition) is 1. The number of nitrogens with zero attached hydrogens (tertiary/aromatic N) is 2. The van der Waals surface area contributed by atoms with Crippen LogP contribution < -0.4 is 0 Å². The lowest BCUT2D eigenvalue weighted by molar-refractivity contribution is 0.134. The standard InChI is InChI=1S/C14H23ClN2O/c1-5-10-13(15)11(17(6-2)16-10)7-12(18)9-8-14(9,3)4/h9,12,18H,5-8H2,1-4H3. The summed E-state index contributed by atoms with van der Waals surface area (Å²) in [7, 11) is 0. The van der Waals surface area contributed by atoms with Crippen molar-refractivity contribution >= 4 is 11.6 Å². The van der Waals surface area contributed by atoms with Crippen LogP contribution in [-0.4, -0.2) is 21.0 Å². The molecule has 1 fully saturated rings. The first-order valence-corrected chi connectivity index (χ1v) is 7.20. The molecule has 3 nitrogen and oxygen atoms in total. The first-order valence-electron chi connectivity index (χ1n) is 6.82. The van der Waals surface area contributed by atoms with Gasteiger partial charge in [-0.1, -0.05) is 32.4 Å². The number of aryl methyl sites for hydroxylation is 2. The van der Waals surface area contributed by atoms with E-state index in [1.54, 1.807) is 0 Å². The van der Waals surface area contributed by atoms with Crippen LogP contribution in [0.1, 0.15) is 45.5 Å². The van der Waals surface area contributed by atoms with E-state index < -0.39 is 0 Å². The second kappa shape index (κ2) is 4.86. The van der Waals surface area contributed by atoms with Crippen LogP contribution in [-0.2, 0) is 19.4 Å². The Morgan fingerprint density at radius 3 is 2.56 bits per heavy atom. The summed E-state index contributed by atoms with van der Waals surface area (Å²) < 4.78 is 1.93. The van der Waals surface area contributed by atoms with Gasteiger partial charge in [-0.15, -0.1) is 0 Å². The summed E-state index contributed by atoms with van der Waals surface area (Å²) in [6.07, 6.45) is 2.26. The van der Waals surface area contributed by atoms with Crippen molar-refractivity contribution in [2.45, 2.75) is 59.6 Å². The summed E-state index contributed by atoms with van der Waals surface area (Å²) in [6, 6.07) is 0. The Hall–Kier alpha value is -0.540. The maximum atomic E-state index is 10.3. The molecule has 1 aromatic heterocycles. The zero-order chi connectivity index (χ0) is 13.5. The Bertz CT molecular complexity index is 439. The first-order chi connectivity index (χ1) is 8.40. The Balaban J connectivity index is 2.15.